The number of carbonyl (C=O) groups excluding carboxylic acids is 1. The van der Waals surface area contributed by atoms with Crippen molar-refractivity contribution < 1.29 is 36.3 Å². The average Bonchev–Trinajstić information content (AvgIpc) is 2.42. The quantitative estimate of drug-likeness (QED) is 0.702. The molecule has 0 aliphatic heterocycles. The van der Waals surface area contributed by atoms with Gasteiger partial charge in [-0.3, -0.25) is 4.79 Å². The fraction of sp³-hybridized carbons (Fsp3) is 0.385. The fourth-order valence-electron chi connectivity index (χ4n) is 1.67. The molecule has 11 heteroatoms. The summed E-state index contributed by atoms with van der Waals surface area (Å²) < 4.78 is 61.5. The molecule has 2 amide bonds. The smallest absolute Gasteiger partial charge is 0.416 e. The van der Waals surface area contributed by atoms with Crippen LogP contribution in [0.4, 0.5) is 18.0 Å². The Morgan fingerprint density at radius 1 is 1.17 bits per heavy atom. The zero-order valence-electron chi connectivity index (χ0n) is 12.5. The van der Waals surface area contributed by atoms with Crippen LogP contribution >= 0.6 is 0 Å². The Bertz CT molecular complexity index is 732. The van der Waals surface area contributed by atoms with Crippen molar-refractivity contribution in [2.75, 3.05) is 12.8 Å². The molecule has 0 atom stereocenters. The van der Waals surface area contributed by atoms with Crippen LogP contribution in [0.2, 0.25) is 0 Å². The molecule has 0 spiro atoms. The zero-order chi connectivity index (χ0) is 18.5. The van der Waals surface area contributed by atoms with Gasteiger partial charge in [-0.1, -0.05) is 0 Å². The SMILES string of the molecule is CS(=O)(=O)c1cc(CNC(=O)NCCC(=O)O)cc(C(F)(F)F)c1. The first-order chi connectivity index (χ1) is 10.9. The van der Waals surface area contributed by atoms with Crippen molar-refractivity contribution in [1.82, 2.24) is 10.6 Å². The van der Waals surface area contributed by atoms with Crippen LogP contribution in [-0.2, 0) is 27.4 Å². The number of carbonyl (C=O) groups is 2. The van der Waals surface area contributed by atoms with E-state index in [4.69, 9.17) is 5.11 Å². The van der Waals surface area contributed by atoms with E-state index in [1.54, 1.807) is 0 Å². The van der Waals surface area contributed by atoms with E-state index in [1.165, 1.54) is 0 Å². The number of carboxylic acid groups (broad SMARTS) is 1. The van der Waals surface area contributed by atoms with E-state index in [-0.39, 0.29) is 25.1 Å². The highest BCUT2D eigenvalue weighted by Crippen LogP contribution is 2.31. The monoisotopic (exact) mass is 368 g/mol. The van der Waals surface area contributed by atoms with Gasteiger partial charge in [-0.15, -0.1) is 0 Å². The molecule has 0 aromatic heterocycles. The molecule has 1 aromatic carbocycles. The normalized spacial score (nSPS) is 11.8. The summed E-state index contributed by atoms with van der Waals surface area (Å²) in [6.45, 7) is -0.510. The van der Waals surface area contributed by atoms with Crippen LogP contribution < -0.4 is 10.6 Å². The van der Waals surface area contributed by atoms with Crippen molar-refractivity contribution >= 4 is 21.8 Å². The van der Waals surface area contributed by atoms with Gasteiger partial charge in [0.05, 0.1) is 16.9 Å². The van der Waals surface area contributed by atoms with Crippen molar-refractivity contribution in [3.63, 3.8) is 0 Å². The van der Waals surface area contributed by atoms with Gasteiger partial charge in [0.2, 0.25) is 0 Å². The maximum atomic E-state index is 12.8. The number of benzene rings is 1. The Labute approximate surface area is 135 Å². The molecule has 24 heavy (non-hydrogen) atoms. The van der Waals surface area contributed by atoms with E-state index < -0.39 is 38.5 Å². The summed E-state index contributed by atoms with van der Waals surface area (Å²) in [7, 11) is -3.86. The van der Waals surface area contributed by atoms with E-state index in [0.29, 0.717) is 6.07 Å². The Morgan fingerprint density at radius 2 is 1.79 bits per heavy atom. The molecule has 0 radical (unpaired) electrons. The van der Waals surface area contributed by atoms with Gasteiger partial charge in [-0.2, -0.15) is 13.2 Å². The summed E-state index contributed by atoms with van der Waals surface area (Å²) in [6, 6.07) is 1.50. The summed E-state index contributed by atoms with van der Waals surface area (Å²) in [6.07, 6.45) is -4.27. The average molecular weight is 368 g/mol. The van der Waals surface area contributed by atoms with Gasteiger partial charge in [-0.05, 0) is 23.8 Å². The van der Waals surface area contributed by atoms with Crippen molar-refractivity contribution in [2.45, 2.75) is 24.0 Å². The van der Waals surface area contributed by atoms with E-state index in [9.17, 15) is 31.2 Å². The molecule has 1 aromatic rings. The van der Waals surface area contributed by atoms with Crippen LogP contribution in [0.5, 0.6) is 0 Å². The Kier molecular flexibility index (Phi) is 6.18. The number of amides is 2. The number of halogens is 3. The summed E-state index contributed by atoms with van der Waals surface area (Å²) in [5.41, 5.74) is -1.20. The van der Waals surface area contributed by atoms with E-state index in [0.717, 1.165) is 18.4 Å². The number of aliphatic carboxylic acids is 1. The summed E-state index contributed by atoms with van der Waals surface area (Å²) in [5, 5.41) is 12.8. The standard InChI is InChI=1S/C13H15F3N2O5S/c1-24(22,23)10-5-8(4-9(6-10)13(14,15)16)7-18-12(21)17-3-2-11(19)20/h4-6H,2-3,7H2,1H3,(H,19,20)(H2,17,18,21). The van der Waals surface area contributed by atoms with Crippen LogP contribution in [0, 0.1) is 0 Å². The first-order valence-electron chi connectivity index (χ1n) is 6.54. The lowest BCUT2D eigenvalue weighted by Gasteiger charge is -2.12. The predicted molar refractivity (Wildman–Crippen MR) is 77.0 cm³/mol. The Balaban J connectivity index is 2.87. The highest BCUT2D eigenvalue weighted by atomic mass is 32.2. The lowest BCUT2D eigenvalue weighted by Crippen LogP contribution is -2.36. The highest BCUT2D eigenvalue weighted by Gasteiger charge is 2.32. The lowest BCUT2D eigenvalue weighted by molar-refractivity contribution is -0.138. The molecular weight excluding hydrogens is 353 g/mol. The number of nitrogens with one attached hydrogen (secondary N) is 2. The molecule has 0 unspecified atom stereocenters. The molecule has 0 saturated carbocycles. The molecule has 3 N–H and O–H groups in total. The van der Waals surface area contributed by atoms with Crippen LogP contribution in [-0.4, -0.2) is 38.3 Å². The number of hydrogen-bond donors (Lipinski definition) is 3. The third kappa shape index (κ3) is 6.44. The summed E-state index contributed by atoms with van der Waals surface area (Å²) in [5.74, 6) is -1.12. The van der Waals surface area contributed by atoms with Crippen molar-refractivity contribution in [3.8, 4) is 0 Å². The maximum Gasteiger partial charge on any atom is 0.416 e. The summed E-state index contributed by atoms with van der Waals surface area (Å²) in [4.78, 5) is 21.2. The minimum atomic E-state index is -4.74. The third-order valence-corrected chi connectivity index (χ3v) is 3.89. The minimum Gasteiger partial charge on any atom is -0.481 e. The number of hydrogen-bond acceptors (Lipinski definition) is 4. The first kappa shape index (κ1) is 19.7. The number of sulfone groups is 1. The molecule has 0 fully saturated rings. The first-order valence-corrected chi connectivity index (χ1v) is 8.43. The van der Waals surface area contributed by atoms with E-state index in [2.05, 4.69) is 10.6 Å². The maximum absolute atomic E-state index is 12.8. The number of alkyl halides is 3. The molecule has 7 nitrogen and oxygen atoms in total. The molecule has 0 aliphatic rings. The molecule has 1 rings (SSSR count). The van der Waals surface area contributed by atoms with E-state index >= 15 is 0 Å². The van der Waals surface area contributed by atoms with Crippen LogP contribution in [0.25, 0.3) is 0 Å². The van der Waals surface area contributed by atoms with Crippen molar-refractivity contribution in [1.29, 1.82) is 0 Å². The lowest BCUT2D eigenvalue weighted by atomic mass is 10.1. The number of carboxylic acids is 1. The van der Waals surface area contributed by atoms with E-state index in [1.807, 2.05) is 0 Å². The second-order valence-electron chi connectivity index (χ2n) is 4.89. The summed E-state index contributed by atoms with van der Waals surface area (Å²) >= 11 is 0. The Hall–Kier alpha value is -2.30. The molecular formula is C13H15F3N2O5S. The van der Waals surface area contributed by atoms with Crippen molar-refractivity contribution in [3.05, 3.63) is 29.3 Å². The topological polar surface area (TPSA) is 113 Å². The second kappa shape index (κ2) is 7.51. The predicted octanol–water partition coefficient (Wildman–Crippen LogP) is 1.38. The highest BCUT2D eigenvalue weighted by molar-refractivity contribution is 7.90. The van der Waals surface area contributed by atoms with Gasteiger partial charge in [0.15, 0.2) is 9.84 Å². The third-order valence-electron chi connectivity index (χ3n) is 2.80. The second-order valence-corrected chi connectivity index (χ2v) is 6.90. The van der Waals surface area contributed by atoms with Gasteiger partial charge in [0.25, 0.3) is 0 Å². The largest absolute Gasteiger partial charge is 0.481 e. The molecule has 0 heterocycles. The number of rotatable bonds is 6. The van der Waals surface area contributed by atoms with Gasteiger partial charge < -0.3 is 15.7 Å². The van der Waals surface area contributed by atoms with Crippen LogP contribution in [0.15, 0.2) is 23.1 Å². The van der Waals surface area contributed by atoms with Crippen molar-refractivity contribution in [2.24, 2.45) is 0 Å². The molecule has 0 saturated heterocycles. The molecule has 0 aliphatic carbocycles. The van der Waals surface area contributed by atoms with Crippen LogP contribution in [0.1, 0.15) is 17.5 Å². The molecule has 0 bridgehead atoms. The van der Waals surface area contributed by atoms with Gasteiger partial charge >= 0.3 is 18.2 Å². The molecule has 134 valence electrons. The Morgan fingerprint density at radius 3 is 2.29 bits per heavy atom. The number of urea groups is 1. The fourth-order valence-corrected chi connectivity index (χ4v) is 2.37. The van der Waals surface area contributed by atoms with Crippen LogP contribution in [0.3, 0.4) is 0 Å². The van der Waals surface area contributed by atoms with Gasteiger partial charge in [-0.25, -0.2) is 13.2 Å². The zero-order valence-corrected chi connectivity index (χ0v) is 13.3. The minimum absolute atomic E-state index is 0.0568. The van der Waals surface area contributed by atoms with Gasteiger partial charge in [0.1, 0.15) is 0 Å². The van der Waals surface area contributed by atoms with Gasteiger partial charge in [0, 0.05) is 19.3 Å².